The molecule has 1 saturated carbocycles. The van der Waals surface area contributed by atoms with E-state index in [4.69, 9.17) is 9.47 Å². The summed E-state index contributed by atoms with van der Waals surface area (Å²) in [6.07, 6.45) is 6.99. The number of anilines is 1. The lowest BCUT2D eigenvalue weighted by atomic mass is 9.66. The number of aryl methyl sites for hydroxylation is 1. The lowest BCUT2D eigenvalue weighted by Gasteiger charge is -2.52. The normalized spacial score (nSPS) is 25.4. The zero-order valence-electron chi connectivity index (χ0n) is 16.6. The second kappa shape index (κ2) is 8.00. The number of pyridine rings is 1. The average molecular weight is 397 g/mol. The number of nitrogens with zero attached hydrogens (tertiary/aromatic N) is 1. The number of aromatic nitrogens is 1. The van der Waals surface area contributed by atoms with Gasteiger partial charge in [0.05, 0.1) is 18.8 Å². The minimum absolute atomic E-state index is 0.0223. The molecule has 2 aliphatic heterocycles. The van der Waals surface area contributed by atoms with E-state index in [0.29, 0.717) is 24.7 Å². The van der Waals surface area contributed by atoms with Gasteiger partial charge in [-0.1, -0.05) is 0 Å². The number of carbonyl (C=O) groups is 1. The first kappa shape index (κ1) is 19.7. The van der Waals surface area contributed by atoms with Gasteiger partial charge < -0.3 is 25.2 Å². The molecule has 0 atom stereocenters. The highest BCUT2D eigenvalue weighted by Gasteiger charge is 2.49. The average Bonchev–Trinajstić information content (AvgIpc) is 2.76. The smallest absolute Gasteiger partial charge is 0.319 e. The highest BCUT2D eigenvalue weighted by molar-refractivity contribution is 5.90. The molecule has 1 aromatic carbocycles. The van der Waals surface area contributed by atoms with E-state index in [1.54, 1.807) is 24.5 Å². The molecule has 29 heavy (non-hydrogen) atoms. The van der Waals surface area contributed by atoms with E-state index in [-0.39, 0.29) is 23.7 Å². The minimum atomic E-state index is -0.346. The molecule has 3 fully saturated rings. The number of fused-ring (bicyclic) bond motifs is 3. The molecule has 7 nitrogen and oxygen atoms in total. The van der Waals surface area contributed by atoms with Crippen molar-refractivity contribution >= 4 is 11.7 Å². The Morgan fingerprint density at radius 2 is 1.93 bits per heavy atom. The van der Waals surface area contributed by atoms with Gasteiger partial charge in [0.2, 0.25) is 0 Å². The molecule has 2 aromatic rings. The summed E-state index contributed by atoms with van der Waals surface area (Å²) in [5, 5.41) is 15.5. The molecule has 0 unspecified atom stereocenters. The van der Waals surface area contributed by atoms with Crippen molar-refractivity contribution in [3.8, 4) is 11.5 Å². The van der Waals surface area contributed by atoms with Crippen LogP contribution in [0.5, 0.6) is 11.5 Å². The molecule has 3 aliphatic rings. The number of urea groups is 1. The number of ether oxygens (including phenoxy) is 2. The molecule has 0 radical (unpaired) electrons. The third-order valence-corrected chi connectivity index (χ3v) is 6.15. The maximum atomic E-state index is 12.4. The molecule has 1 aliphatic carbocycles. The fourth-order valence-electron chi connectivity index (χ4n) is 4.08. The number of benzene rings is 1. The number of rotatable bonds is 6. The Labute approximate surface area is 170 Å². The largest absolute Gasteiger partial charge is 0.457 e. The van der Waals surface area contributed by atoms with Crippen molar-refractivity contribution in [3.05, 3.63) is 48.3 Å². The number of hydrogen-bond acceptors (Lipinski definition) is 5. The number of amides is 2. The molecule has 2 bridgehead atoms. The van der Waals surface area contributed by atoms with Crippen LogP contribution in [0.2, 0.25) is 0 Å². The summed E-state index contributed by atoms with van der Waals surface area (Å²) in [6, 6.07) is 8.91. The van der Waals surface area contributed by atoms with Crippen molar-refractivity contribution < 1.29 is 19.4 Å². The van der Waals surface area contributed by atoms with Crippen LogP contribution in [0.1, 0.15) is 31.2 Å². The van der Waals surface area contributed by atoms with Gasteiger partial charge in [-0.3, -0.25) is 4.98 Å². The fraction of sp³-hybridized carbons (Fsp3) is 0.455. The fourth-order valence-corrected chi connectivity index (χ4v) is 4.08. The highest BCUT2D eigenvalue weighted by atomic mass is 16.5. The van der Waals surface area contributed by atoms with Crippen molar-refractivity contribution in [2.75, 3.05) is 25.1 Å². The zero-order chi connectivity index (χ0) is 20.3. The van der Waals surface area contributed by atoms with E-state index in [0.717, 1.165) is 36.9 Å². The highest BCUT2D eigenvalue weighted by Crippen LogP contribution is 2.48. The topological polar surface area (TPSA) is 92.7 Å². The van der Waals surface area contributed by atoms with Crippen molar-refractivity contribution in [1.29, 1.82) is 0 Å². The van der Waals surface area contributed by atoms with Crippen LogP contribution >= 0.6 is 0 Å². The third-order valence-electron chi connectivity index (χ3n) is 6.15. The van der Waals surface area contributed by atoms with Gasteiger partial charge >= 0.3 is 6.03 Å². The minimum Gasteiger partial charge on any atom is -0.457 e. The second-order valence-corrected chi connectivity index (χ2v) is 8.20. The third kappa shape index (κ3) is 4.36. The first-order valence-electron chi connectivity index (χ1n) is 10.00. The first-order chi connectivity index (χ1) is 14.0. The SMILES string of the molecule is Cc1cc(Oc2ccncc2)ccc1NC(=O)NCC12CCC(CO)(CC1)OC2. The van der Waals surface area contributed by atoms with Gasteiger partial charge in [-0.05, 0) is 68.5 Å². The zero-order valence-corrected chi connectivity index (χ0v) is 16.6. The Morgan fingerprint density at radius 3 is 2.55 bits per heavy atom. The molecule has 1 aromatic heterocycles. The summed E-state index contributed by atoms with van der Waals surface area (Å²) in [4.78, 5) is 16.4. The van der Waals surface area contributed by atoms with E-state index in [9.17, 15) is 9.90 Å². The van der Waals surface area contributed by atoms with Crippen LogP contribution in [0.4, 0.5) is 10.5 Å². The maximum absolute atomic E-state index is 12.4. The summed E-state index contributed by atoms with van der Waals surface area (Å²) in [6.45, 7) is 3.17. The Balaban J connectivity index is 1.31. The van der Waals surface area contributed by atoms with Crippen LogP contribution in [-0.2, 0) is 4.74 Å². The predicted molar refractivity (Wildman–Crippen MR) is 109 cm³/mol. The van der Waals surface area contributed by atoms with Crippen molar-refractivity contribution in [2.45, 2.75) is 38.2 Å². The summed E-state index contributed by atoms with van der Waals surface area (Å²) >= 11 is 0. The number of aliphatic hydroxyl groups excluding tert-OH is 1. The summed E-state index contributed by atoms with van der Waals surface area (Å²) in [7, 11) is 0. The van der Waals surface area contributed by atoms with Crippen LogP contribution in [0, 0.1) is 12.3 Å². The number of aliphatic hydroxyl groups is 1. The predicted octanol–water partition coefficient (Wildman–Crippen LogP) is 3.63. The van der Waals surface area contributed by atoms with E-state index in [2.05, 4.69) is 15.6 Å². The molecule has 3 N–H and O–H groups in total. The molecule has 7 heteroatoms. The summed E-state index contributed by atoms with van der Waals surface area (Å²) in [5.41, 5.74) is 1.29. The van der Waals surface area contributed by atoms with Gasteiger partial charge in [-0.2, -0.15) is 0 Å². The van der Waals surface area contributed by atoms with Gasteiger partial charge in [0.15, 0.2) is 0 Å². The molecule has 5 rings (SSSR count). The first-order valence-corrected chi connectivity index (χ1v) is 10.00. The maximum Gasteiger partial charge on any atom is 0.319 e. The molecular weight excluding hydrogens is 370 g/mol. The standard InChI is InChI=1S/C22H27N3O4/c1-16-12-18(29-17-4-10-23-11-5-17)2-3-19(16)25-20(27)24-13-21-6-8-22(14-26,9-7-21)28-15-21/h2-5,10-12,26H,6-9,13-15H2,1H3,(H2,24,25,27). The monoisotopic (exact) mass is 397 g/mol. The van der Waals surface area contributed by atoms with Crippen LogP contribution in [0.25, 0.3) is 0 Å². The van der Waals surface area contributed by atoms with Crippen molar-refractivity contribution in [1.82, 2.24) is 10.3 Å². The molecule has 2 amide bonds. The van der Waals surface area contributed by atoms with Gasteiger partial charge in [0.25, 0.3) is 0 Å². The lowest BCUT2D eigenvalue weighted by Crippen LogP contribution is -2.56. The Hall–Kier alpha value is -2.64. The van der Waals surface area contributed by atoms with Crippen molar-refractivity contribution in [2.24, 2.45) is 5.41 Å². The van der Waals surface area contributed by atoms with E-state index in [1.165, 1.54) is 0 Å². The molecule has 3 heterocycles. The number of nitrogens with one attached hydrogen (secondary N) is 2. The number of carbonyl (C=O) groups excluding carboxylic acids is 1. The molecule has 0 spiro atoms. The van der Waals surface area contributed by atoms with E-state index >= 15 is 0 Å². The van der Waals surface area contributed by atoms with Crippen LogP contribution in [0.3, 0.4) is 0 Å². The van der Waals surface area contributed by atoms with Crippen molar-refractivity contribution in [3.63, 3.8) is 0 Å². The van der Waals surface area contributed by atoms with Gasteiger partial charge in [-0.15, -0.1) is 0 Å². The molecule has 154 valence electrons. The van der Waals surface area contributed by atoms with Gasteiger partial charge in [-0.25, -0.2) is 4.79 Å². The van der Waals surface area contributed by atoms with E-state index < -0.39 is 0 Å². The second-order valence-electron chi connectivity index (χ2n) is 8.20. The number of hydrogen-bond donors (Lipinski definition) is 3. The molecule has 2 saturated heterocycles. The molecular formula is C22H27N3O4. The van der Waals surface area contributed by atoms with Crippen LogP contribution in [-0.4, -0.2) is 41.5 Å². The summed E-state index contributed by atoms with van der Waals surface area (Å²) in [5.74, 6) is 1.41. The van der Waals surface area contributed by atoms with Gasteiger partial charge in [0, 0.05) is 30.0 Å². The van der Waals surface area contributed by atoms with Crippen LogP contribution in [0.15, 0.2) is 42.7 Å². The van der Waals surface area contributed by atoms with Crippen LogP contribution < -0.4 is 15.4 Å². The Bertz CT molecular complexity index is 847. The lowest BCUT2D eigenvalue weighted by molar-refractivity contribution is -0.197. The Morgan fingerprint density at radius 1 is 1.17 bits per heavy atom. The quantitative estimate of drug-likeness (QED) is 0.692. The Kier molecular flexibility index (Phi) is 5.43. The summed E-state index contributed by atoms with van der Waals surface area (Å²) < 4.78 is 11.7. The van der Waals surface area contributed by atoms with Gasteiger partial charge in [0.1, 0.15) is 11.5 Å². The van der Waals surface area contributed by atoms with E-state index in [1.807, 2.05) is 25.1 Å².